The fourth-order valence-electron chi connectivity index (χ4n) is 1.91. The predicted molar refractivity (Wildman–Crippen MR) is 66.9 cm³/mol. The van der Waals surface area contributed by atoms with Gasteiger partial charge in [-0.3, -0.25) is 0 Å². The van der Waals surface area contributed by atoms with Crippen molar-refractivity contribution in [2.45, 2.75) is 18.8 Å². The lowest BCUT2D eigenvalue weighted by atomic mass is 10.0. The van der Waals surface area contributed by atoms with Crippen molar-refractivity contribution >= 4 is 0 Å². The van der Waals surface area contributed by atoms with Crippen LogP contribution in [0.4, 0.5) is 26.3 Å². The van der Waals surface area contributed by atoms with E-state index in [4.69, 9.17) is 10.2 Å². The lowest BCUT2D eigenvalue weighted by Crippen LogP contribution is -2.11. The summed E-state index contributed by atoms with van der Waals surface area (Å²) in [6, 6.07) is 4.12. The van der Waals surface area contributed by atoms with Crippen molar-refractivity contribution in [1.82, 2.24) is 0 Å². The van der Waals surface area contributed by atoms with Gasteiger partial charge in [0.25, 0.3) is 0 Å². The van der Waals surface area contributed by atoms with Gasteiger partial charge in [0, 0.05) is 12.0 Å². The molecular weight excluding hydrogens is 312 g/mol. The highest BCUT2D eigenvalue weighted by Crippen LogP contribution is 2.38. The van der Waals surface area contributed by atoms with Gasteiger partial charge in [0.2, 0.25) is 0 Å². The SMILES string of the molecule is NCCc1ccc(-c2cc(C(F)(F)F)cc(C(F)(F)F)c2)o1. The highest BCUT2D eigenvalue weighted by atomic mass is 19.4. The Hall–Kier alpha value is -1.96. The average molecular weight is 323 g/mol. The molecule has 0 spiro atoms. The van der Waals surface area contributed by atoms with Gasteiger partial charge < -0.3 is 10.2 Å². The van der Waals surface area contributed by atoms with Gasteiger partial charge in [-0.1, -0.05) is 0 Å². The fourth-order valence-corrected chi connectivity index (χ4v) is 1.91. The third kappa shape index (κ3) is 3.62. The van der Waals surface area contributed by atoms with E-state index < -0.39 is 23.5 Å². The predicted octanol–water partition coefficient (Wildman–Crippen LogP) is 4.49. The maximum atomic E-state index is 12.8. The number of benzene rings is 1. The smallest absolute Gasteiger partial charge is 0.416 e. The monoisotopic (exact) mass is 323 g/mol. The first-order chi connectivity index (χ1) is 10.1. The molecule has 120 valence electrons. The zero-order valence-electron chi connectivity index (χ0n) is 11.1. The lowest BCUT2D eigenvalue weighted by molar-refractivity contribution is -0.143. The van der Waals surface area contributed by atoms with E-state index in [1.165, 1.54) is 12.1 Å². The Morgan fingerprint density at radius 2 is 1.41 bits per heavy atom. The molecule has 0 atom stereocenters. The molecule has 1 heterocycles. The number of rotatable bonds is 3. The van der Waals surface area contributed by atoms with Gasteiger partial charge in [-0.05, 0) is 36.9 Å². The molecule has 1 aromatic heterocycles. The third-order valence-electron chi connectivity index (χ3n) is 2.92. The number of alkyl halides is 6. The van der Waals surface area contributed by atoms with Gasteiger partial charge in [0.1, 0.15) is 11.5 Å². The molecule has 0 radical (unpaired) electrons. The molecule has 2 N–H and O–H groups in total. The summed E-state index contributed by atoms with van der Waals surface area (Å²) in [4.78, 5) is 0. The molecule has 1 aromatic carbocycles. The Morgan fingerprint density at radius 1 is 0.864 bits per heavy atom. The van der Waals surface area contributed by atoms with Crippen molar-refractivity contribution in [3.8, 4) is 11.3 Å². The van der Waals surface area contributed by atoms with Crippen LogP contribution in [0.5, 0.6) is 0 Å². The maximum absolute atomic E-state index is 12.8. The van der Waals surface area contributed by atoms with Gasteiger partial charge in [0.05, 0.1) is 11.1 Å². The van der Waals surface area contributed by atoms with Crippen LogP contribution in [0.3, 0.4) is 0 Å². The summed E-state index contributed by atoms with van der Waals surface area (Å²) < 4.78 is 81.8. The molecule has 2 nitrogen and oxygen atoms in total. The molecule has 22 heavy (non-hydrogen) atoms. The summed E-state index contributed by atoms with van der Waals surface area (Å²) in [7, 11) is 0. The molecule has 0 aliphatic rings. The largest absolute Gasteiger partial charge is 0.461 e. The van der Waals surface area contributed by atoms with Crippen LogP contribution in [0.1, 0.15) is 16.9 Å². The maximum Gasteiger partial charge on any atom is 0.416 e. The van der Waals surface area contributed by atoms with Crippen molar-refractivity contribution in [3.63, 3.8) is 0 Å². The second-order valence-electron chi connectivity index (χ2n) is 4.60. The number of nitrogens with two attached hydrogens (primary N) is 1. The van der Waals surface area contributed by atoms with Crippen LogP contribution in [0.2, 0.25) is 0 Å². The number of hydrogen-bond donors (Lipinski definition) is 1. The van der Waals surface area contributed by atoms with Crippen molar-refractivity contribution in [1.29, 1.82) is 0 Å². The van der Waals surface area contributed by atoms with Crippen LogP contribution < -0.4 is 5.73 Å². The quantitative estimate of drug-likeness (QED) is 0.846. The topological polar surface area (TPSA) is 39.2 Å². The summed E-state index contributed by atoms with van der Waals surface area (Å²) in [6.45, 7) is 0.253. The van der Waals surface area contributed by atoms with E-state index in [-0.39, 0.29) is 23.9 Å². The van der Waals surface area contributed by atoms with Gasteiger partial charge in [-0.25, -0.2) is 0 Å². The van der Waals surface area contributed by atoms with Gasteiger partial charge in [-0.15, -0.1) is 0 Å². The van der Waals surface area contributed by atoms with Crippen molar-refractivity contribution in [2.75, 3.05) is 6.54 Å². The van der Waals surface area contributed by atoms with E-state index in [9.17, 15) is 26.3 Å². The van der Waals surface area contributed by atoms with Crippen LogP contribution >= 0.6 is 0 Å². The Bertz CT molecular complexity index is 624. The lowest BCUT2D eigenvalue weighted by Gasteiger charge is -2.13. The number of furan rings is 1. The first-order valence-corrected chi connectivity index (χ1v) is 6.20. The minimum Gasteiger partial charge on any atom is -0.461 e. The molecule has 8 heteroatoms. The Morgan fingerprint density at radius 3 is 1.86 bits per heavy atom. The Balaban J connectivity index is 2.54. The van der Waals surface area contributed by atoms with Gasteiger partial charge in [-0.2, -0.15) is 26.3 Å². The number of hydrogen-bond acceptors (Lipinski definition) is 2. The Kier molecular flexibility index (Phi) is 4.23. The molecule has 0 amide bonds. The van der Waals surface area contributed by atoms with E-state index in [1.54, 1.807) is 0 Å². The first-order valence-electron chi connectivity index (χ1n) is 6.20. The highest BCUT2D eigenvalue weighted by Gasteiger charge is 2.37. The van der Waals surface area contributed by atoms with E-state index in [2.05, 4.69) is 0 Å². The number of halogens is 6. The first kappa shape index (κ1) is 16.4. The molecule has 0 bridgehead atoms. The van der Waals surface area contributed by atoms with E-state index in [1.807, 2.05) is 0 Å². The summed E-state index contributed by atoms with van der Waals surface area (Å²) >= 11 is 0. The molecule has 2 aromatic rings. The van der Waals surface area contributed by atoms with Crippen LogP contribution in [-0.2, 0) is 18.8 Å². The van der Waals surface area contributed by atoms with Crippen molar-refractivity contribution in [3.05, 3.63) is 47.2 Å². The summed E-state index contributed by atoms with van der Waals surface area (Å²) in [6.07, 6.45) is -9.43. The van der Waals surface area contributed by atoms with Gasteiger partial charge in [0.15, 0.2) is 0 Å². The second-order valence-corrected chi connectivity index (χ2v) is 4.60. The molecule has 0 saturated carbocycles. The molecule has 0 aliphatic carbocycles. The minimum absolute atomic E-state index is 0.0694. The summed E-state index contributed by atoms with van der Waals surface area (Å²) in [5.41, 5.74) is 2.27. The summed E-state index contributed by atoms with van der Waals surface area (Å²) in [5.74, 6) is 0.323. The normalized spacial score (nSPS) is 12.7. The second kappa shape index (κ2) is 5.68. The molecule has 0 fully saturated rings. The van der Waals surface area contributed by atoms with Crippen LogP contribution in [0.15, 0.2) is 34.7 Å². The summed E-state index contributed by atoms with van der Waals surface area (Å²) in [5, 5.41) is 0. The van der Waals surface area contributed by atoms with Crippen LogP contribution in [-0.4, -0.2) is 6.54 Å². The fraction of sp³-hybridized carbons (Fsp3) is 0.286. The molecule has 0 unspecified atom stereocenters. The van der Waals surface area contributed by atoms with E-state index >= 15 is 0 Å². The van der Waals surface area contributed by atoms with Crippen molar-refractivity contribution < 1.29 is 30.8 Å². The molecule has 0 saturated heterocycles. The van der Waals surface area contributed by atoms with E-state index in [0.717, 1.165) is 0 Å². The Labute approximate surface area is 121 Å². The molecule has 0 aliphatic heterocycles. The highest BCUT2D eigenvalue weighted by molar-refractivity contribution is 5.61. The van der Waals surface area contributed by atoms with Gasteiger partial charge >= 0.3 is 12.4 Å². The molecular formula is C14H11F6NO. The minimum atomic E-state index is -4.89. The van der Waals surface area contributed by atoms with Crippen molar-refractivity contribution in [2.24, 2.45) is 5.73 Å². The molecule has 2 rings (SSSR count). The van der Waals surface area contributed by atoms with Crippen LogP contribution in [0.25, 0.3) is 11.3 Å². The van der Waals surface area contributed by atoms with E-state index in [0.29, 0.717) is 24.3 Å². The van der Waals surface area contributed by atoms with Crippen LogP contribution in [0, 0.1) is 0 Å². The standard InChI is InChI=1S/C14H11F6NO/c15-13(16,17)9-5-8(6-10(7-9)14(18,19)20)12-2-1-11(22-12)3-4-21/h1-2,5-7H,3-4,21H2. The zero-order chi connectivity index (χ0) is 16.5. The third-order valence-corrected chi connectivity index (χ3v) is 2.92. The average Bonchev–Trinajstić information content (AvgIpc) is 2.85. The zero-order valence-corrected chi connectivity index (χ0v) is 11.1.